The van der Waals surface area contributed by atoms with Crippen LogP contribution in [0.15, 0.2) is 29.1 Å². The van der Waals surface area contributed by atoms with Gasteiger partial charge < -0.3 is 4.98 Å². The molecule has 3 nitrogen and oxygen atoms in total. The first-order valence-corrected chi connectivity index (χ1v) is 5.97. The number of Topliss-reactive ketones (excluding diaryl/α,β-unsaturated/α-hetero) is 1. The minimum Gasteiger partial charge on any atom is -0.321 e. The van der Waals surface area contributed by atoms with Crippen LogP contribution in [0.3, 0.4) is 0 Å². The van der Waals surface area contributed by atoms with Crippen LogP contribution in [-0.2, 0) is 5.41 Å². The van der Waals surface area contributed by atoms with Gasteiger partial charge in [0.25, 0.3) is 5.56 Å². The first kappa shape index (κ1) is 12.6. The second-order valence-corrected chi connectivity index (χ2v) is 5.62. The molecule has 2 aromatic rings. The van der Waals surface area contributed by atoms with Crippen LogP contribution in [0.5, 0.6) is 0 Å². The van der Waals surface area contributed by atoms with E-state index in [1.807, 2.05) is 18.2 Å². The van der Waals surface area contributed by atoms with Crippen LogP contribution in [0.25, 0.3) is 10.9 Å². The third-order valence-electron chi connectivity index (χ3n) is 3.09. The number of pyridine rings is 1. The second-order valence-electron chi connectivity index (χ2n) is 5.62. The van der Waals surface area contributed by atoms with Crippen molar-refractivity contribution in [3.05, 3.63) is 45.7 Å². The Morgan fingerprint density at radius 2 is 1.83 bits per heavy atom. The maximum absolute atomic E-state index is 11.7. The van der Waals surface area contributed by atoms with E-state index in [-0.39, 0.29) is 22.3 Å². The molecule has 1 N–H and O–H groups in total. The Bertz CT molecular complexity index is 675. The highest BCUT2D eigenvalue weighted by Gasteiger charge is 2.14. The Kier molecular flexibility index (Phi) is 2.85. The van der Waals surface area contributed by atoms with E-state index >= 15 is 0 Å². The molecular weight excluding hydrogens is 226 g/mol. The van der Waals surface area contributed by atoms with Crippen molar-refractivity contribution in [2.45, 2.75) is 33.1 Å². The van der Waals surface area contributed by atoms with Gasteiger partial charge in [0, 0.05) is 5.52 Å². The SMILES string of the molecule is CC(=O)c1cc2cc(C(C)(C)C)ccc2[nH]c1=O. The monoisotopic (exact) mass is 243 g/mol. The van der Waals surface area contributed by atoms with E-state index in [9.17, 15) is 9.59 Å². The molecule has 1 aromatic carbocycles. The number of carbonyl (C=O) groups excluding carboxylic acids is 1. The molecule has 0 unspecified atom stereocenters. The number of nitrogens with one attached hydrogen (secondary N) is 1. The zero-order valence-corrected chi connectivity index (χ0v) is 11.1. The molecule has 0 spiro atoms. The zero-order chi connectivity index (χ0) is 13.5. The van der Waals surface area contributed by atoms with E-state index in [1.165, 1.54) is 12.5 Å². The van der Waals surface area contributed by atoms with Gasteiger partial charge in [-0.05, 0) is 41.5 Å². The molecule has 0 atom stereocenters. The minimum absolute atomic E-state index is 0.0424. The molecule has 0 saturated carbocycles. The molecule has 0 saturated heterocycles. The Balaban J connectivity index is 2.73. The number of benzene rings is 1. The summed E-state index contributed by atoms with van der Waals surface area (Å²) in [4.78, 5) is 25.8. The van der Waals surface area contributed by atoms with Crippen molar-refractivity contribution >= 4 is 16.7 Å². The van der Waals surface area contributed by atoms with Crippen molar-refractivity contribution in [3.63, 3.8) is 0 Å². The number of hydrogen-bond acceptors (Lipinski definition) is 2. The molecule has 1 heterocycles. The molecule has 18 heavy (non-hydrogen) atoms. The fraction of sp³-hybridized carbons (Fsp3) is 0.333. The fourth-order valence-corrected chi connectivity index (χ4v) is 1.93. The lowest BCUT2D eigenvalue weighted by Gasteiger charge is -2.19. The van der Waals surface area contributed by atoms with Gasteiger partial charge in [0.1, 0.15) is 0 Å². The largest absolute Gasteiger partial charge is 0.321 e. The van der Waals surface area contributed by atoms with Crippen molar-refractivity contribution in [3.8, 4) is 0 Å². The predicted octanol–water partition coefficient (Wildman–Crippen LogP) is 3.03. The van der Waals surface area contributed by atoms with Gasteiger partial charge in [0.15, 0.2) is 5.78 Å². The van der Waals surface area contributed by atoms with Gasteiger partial charge in [-0.2, -0.15) is 0 Å². The number of rotatable bonds is 1. The summed E-state index contributed by atoms with van der Waals surface area (Å²) < 4.78 is 0. The number of aromatic nitrogens is 1. The highest BCUT2D eigenvalue weighted by Crippen LogP contribution is 2.25. The van der Waals surface area contributed by atoms with Crippen molar-refractivity contribution in [1.29, 1.82) is 0 Å². The maximum atomic E-state index is 11.7. The van der Waals surface area contributed by atoms with Crippen LogP contribution in [0.4, 0.5) is 0 Å². The standard InChI is InChI=1S/C15H17NO2/c1-9(17)12-8-10-7-11(15(2,3)4)5-6-13(10)16-14(12)18/h5-8H,1-4H3,(H,16,18). The first-order chi connectivity index (χ1) is 8.29. The van der Waals surface area contributed by atoms with Crippen molar-refractivity contribution in [1.82, 2.24) is 4.98 Å². The summed E-state index contributed by atoms with van der Waals surface area (Å²) in [5.74, 6) is -0.209. The quantitative estimate of drug-likeness (QED) is 0.783. The topological polar surface area (TPSA) is 49.9 Å². The molecule has 0 fully saturated rings. The Hall–Kier alpha value is -1.90. The Labute approximate surface area is 106 Å². The molecule has 0 bridgehead atoms. The third-order valence-corrected chi connectivity index (χ3v) is 3.09. The number of ketones is 1. The lowest BCUT2D eigenvalue weighted by Crippen LogP contribution is -2.16. The molecule has 0 amide bonds. The highest BCUT2D eigenvalue weighted by atomic mass is 16.1. The summed E-state index contributed by atoms with van der Waals surface area (Å²) in [5.41, 5.74) is 1.88. The van der Waals surface area contributed by atoms with Gasteiger partial charge in [-0.25, -0.2) is 0 Å². The lowest BCUT2D eigenvalue weighted by molar-refractivity contribution is 0.101. The summed E-state index contributed by atoms with van der Waals surface area (Å²) in [5, 5.41) is 0.896. The average Bonchev–Trinajstić information content (AvgIpc) is 2.25. The fourth-order valence-electron chi connectivity index (χ4n) is 1.93. The van der Waals surface area contributed by atoms with Gasteiger partial charge in [-0.15, -0.1) is 0 Å². The van der Waals surface area contributed by atoms with E-state index in [0.717, 1.165) is 10.9 Å². The molecule has 94 valence electrons. The van der Waals surface area contributed by atoms with Gasteiger partial charge in [-0.3, -0.25) is 9.59 Å². The number of H-pyrrole nitrogens is 1. The van der Waals surface area contributed by atoms with Crippen molar-refractivity contribution in [2.75, 3.05) is 0 Å². The lowest BCUT2D eigenvalue weighted by atomic mass is 9.86. The molecule has 0 radical (unpaired) electrons. The van der Waals surface area contributed by atoms with Crippen LogP contribution < -0.4 is 5.56 Å². The van der Waals surface area contributed by atoms with E-state index in [1.54, 1.807) is 6.07 Å². The molecule has 1 aromatic heterocycles. The average molecular weight is 243 g/mol. The van der Waals surface area contributed by atoms with E-state index in [4.69, 9.17) is 0 Å². The van der Waals surface area contributed by atoms with Gasteiger partial charge in [0.2, 0.25) is 0 Å². The van der Waals surface area contributed by atoms with E-state index < -0.39 is 0 Å². The van der Waals surface area contributed by atoms with E-state index in [0.29, 0.717) is 0 Å². The van der Waals surface area contributed by atoms with Crippen LogP contribution in [0, 0.1) is 0 Å². The number of fused-ring (bicyclic) bond motifs is 1. The summed E-state index contributed by atoms with van der Waals surface area (Å²) in [6.07, 6.45) is 0. The molecule has 2 rings (SSSR count). The normalized spacial score (nSPS) is 11.8. The van der Waals surface area contributed by atoms with E-state index in [2.05, 4.69) is 25.8 Å². The van der Waals surface area contributed by atoms with Crippen molar-refractivity contribution < 1.29 is 4.79 Å². The minimum atomic E-state index is -0.321. The second kappa shape index (κ2) is 4.09. The molecular formula is C15H17NO2. The predicted molar refractivity (Wildman–Crippen MR) is 73.3 cm³/mol. The Morgan fingerprint density at radius 3 is 2.39 bits per heavy atom. The number of carbonyl (C=O) groups is 1. The zero-order valence-electron chi connectivity index (χ0n) is 11.1. The van der Waals surface area contributed by atoms with Gasteiger partial charge in [0.05, 0.1) is 5.56 Å². The summed E-state index contributed by atoms with van der Waals surface area (Å²) in [6.45, 7) is 7.80. The molecule has 0 aliphatic heterocycles. The summed E-state index contributed by atoms with van der Waals surface area (Å²) in [7, 11) is 0. The van der Waals surface area contributed by atoms with Gasteiger partial charge in [-0.1, -0.05) is 26.8 Å². The van der Waals surface area contributed by atoms with Gasteiger partial charge >= 0.3 is 0 Å². The van der Waals surface area contributed by atoms with Crippen LogP contribution >= 0.6 is 0 Å². The molecule has 0 aliphatic rings. The summed E-state index contributed by atoms with van der Waals surface area (Å²) >= 11 is 0. The smallest absolute Gasteiger partial charge is 0.259 e. The highest BCUT2D eigenvalue weighted by molar-refractivity contribution is 5.97. The van der Waals surface area contributed by atoms with Crippen LogP contribution in [0.2, 0.25) is 0 Å². The van der Waals surface area contributed by atoms with Crippen molar-refractivity contribution in [2.24, 2.45) is 0 Å². The third kappa shape index (κ3) is 2.21. The first-order valence-electron chi connectivity index (χ1n) is 5.97. The number of hydrogen-bond donors (Lipinski definition) is 1. The molecule has 0 aliphatic carbocycles. The van der Waals surface area contributed by atoms with Crippen LogP contribution in [0.1, 0.15) is 43.6 Å². The maximum Gasteiger partial charge on any atom is 0.259 e. The Morgan fingerprint density at radius 1 is 1.17 bits per heavy atom. The number of aromatic amines is 1. The molecule has 3 heteroatoms. The van der Waals surface area contributed by atoms with Crippen LogP contribution in [-0.4, -0.2) is 10.8 Å². The summed E-state index contributed by atoms with van der Waals surface area (Å²) in [6, 6.07) is 7.59.